The summed E-state index contributed by atoms with van der Waals surface area (Å²) in [5, 5.41) is 8.29. The summed E-state index contributed by atoms with van der Waals surface area (Å²) in [6.45, 7) is 1.94. The van der Waals surface area contributed by atoms with Gasteiger partial charge >= 0.3 is 0 Å². The van der Waals surface area contributed by atoms with Crippen molar-refractivity contribution in [2.45, 2.75) is 17.9 Å². The van der Waals surface area contributed by atoms with Crippen molar-refractivity contribution in [1.82, 2.24) is 4.98 Å². The first-order valence-electron chi connectivity index (χ1n) is 5.96. The van der Waals surface area contributed by atoms with Crippen molar-refractivity contribution in [3.63, 3.8) is 0 Å². The van der Waals surface area contributed by atoms with Crippen LogP contribution in [0, 0.1) is 0 Å². The number of nitrogens with zero attached hydrogens (tertiary/aromatic N) is 1. The number of primary sulfonamides is 1. The van der Waals surface area contributed by atoms with Crippen LogP contribution in [0.4, 0.5) is 11.4 Å². The summed E-state index contributed by atoms with van der Waals surface area (Å²) in [6, 6.07) is 8.16. The maximum atomic E-state index is 11.4. The van der Waals surface area contributed by atoms with Crippen LogP contribution in [-0.2, 0) is 10.0 Å². The quantitative estimate of drug-likeness (QED) is 0.739. The average molecular weight is 292 g/mol. The molecule has 2 aromatic rings. The first kappa shape index (κ1) is 14.3. The van der Waals surface area contributed by atoms with Crippen LogP contribution in [0.25, 0.3) is 0 Å². The van der Waals surface area contributed by atoms with E-state index in [4.69, 9.17) is 10.9 Å². The van der Waals surface area contributed by atoms with Gasteiger partial charge in [0.2, 0.25) is 10.0 Å². The SMILES string of the molecule is CC(Nc1cc(N)cc(S(N)(=O)=O)c1)c1cccnc1. The Balaban J connectivity index is 2.28. The molecule has 0 radical (unpaired) electrons. The van der Waals surface area contributed by atoms with Crippen molar-refractivity contribution >= 4 is 21.4 Å². The predicted octanol–water partition coefficient (Wildman–Crippen LogP) is 1.48. The Morgan fingerprint density at radius 1 is 1.30 bits per heavy atom. The average Bonchev–Trinajstić information content (AvgIpc) is 2.38. The number of anilines is 2. The third-order valence-corrected chi connectivity index (χ3v) is 3.72. The lowest BCUT2D eigenvalue weighted by Crippen LogP contribution is -2.14. The molecule has 106 valence electrons. The van der Waals surface area contributed by atoms with Crippen molar-refractivity contribution in [3.05, 3.63) is 48.3 Å². The van der Waals surface area contributed by atoms with Crippen molar-refractivity contribution in [2.24, 2.45) is 5.14 Å². The Morgan fingerprint density at radius 2 is 2.05 bits per heavy atom. The van der Waals surface area contributed by atoms with E-state index in [9.17, 15) is 8.42 Å². The molecule has 0 amide bonds. The highest BCUT2D eigenvalue weighted by Crippen LogP contribution is 2.23. The maximum Gasteiger partial charge on any atom is 0.238 e. The number of hydrogen-bond donors (Lipinski definition) is 3. The van der Waals surface area contributed by atoms with Crippen molar-refractivity contribution < 1.29 is 8.42 Å². The van der Waals surface area contributed by atoms with E-state index in [1.165, 1.54) is 12.1 Å². The van der Waals surface area contributed by atoms with E-state index in [1.54, 1.807) is 18.5 Å². The summed E-state index contributed by atoms with van der Waals surface area (Å²) in [7, 11) is -3.78. The van der Waals surface area contributed by atoms with Crippen LogP contribution in [-0.4, -0.2) is 13.4 Å². The van der Waals surface area contributed by atoms with Gasteiger partial charge in [-0.1, -0.05) is 6.07 Å². The number of nitrogens with one attached hydrogen (secondary N) is 1. The monoisotopic (exact) mass is 292 g/mol. The van der Waals surface area contributed by atoms with E-state index in [1.807, 2.05) is 19.1 Å². The molecule has 1 heterocycles. The van der Waals surface area contributed by atoms with Crippen LogP contribution < -0.4 is 16.2 Å². The molecule has 20 heavy (non-hydrogen) atoms. The predicted molar refractivity (Wildman–Crippen MR) is 78.5 cm³/mol. The fraction of sp³-hybridized carbons (Fsp3) is 0.154. The van der Waals surface area contributed by atoms with Gasteiger partial charge in [-0.05, 0) is 36.8 Å². The molecular formula is C13H16N4O2S. The third-order valence-electron chi connectivity index (χ3n) is 2.82. The van der Waals surface area contributed by atoms with Gasteiger partial charge in [0.1, 0.15) is 0 Å². The van der Waals surface area contributed by atoms with Crippen LogP contribution in [0.15, 0.2) is 47.6 Å². The fourth-order valence-electron chi connectivity index (χ4n) is 1.84. The molecule has 1 atom stereocenters. The first-order valence-corrected chi connectivity index (χ1v) is 7.51. The molecule has 1 unspecified atom stereocenters. The largest absolute Gasteiger partial charge is 0.399 e. The van der Waals surface area contributed by atoms with E-state index >= 15 is 0 Å². The van der Waals surface area contributed by atoms with Gasteiger partial charge in [-0.15, -0.1) is 0 Å². The van der Waals surface area contributed by atoms with Crippen LogP contribution in [0.5, 0.6) is 0 Å². The van der Waals surface area contributed by atoms with E-state index < -0.39 is 10.0 Å². The molecule has 0 aliphatic rings. The van der Waals surface area contributed by atoms with E-state index in [2.05, 4.69) is 10.3 Å². The zero-order valence-corrected chi connectivity index (χ0v) is 11.8. The molecule has 6 nitrogen and oxygen atoms in total. The number of nitrogen functional groups attached to an aromatic ring is 1. The number of hydrogen-bond acceptors (Lipinski definition) is 5. The zero-order chi connectivity index (χ0) is 14.8. The molecular weight excluding hydrogens is 276 g/mol. The number of benzene rings is 1. The standard InChI is InChI=1S/C13H16N4O2S/c1-9(10-3-2-4-16-8-10)17-12-5-11(14)6-13(7-12)20(15,18)19/h2-9,17H,14H2,1H3,(H2,15,18,19). The smallest absolute Gasteiger partial charge is 0.238 e. The van der Waals surface area contributed by atoms with Gasteiger partial charge in [-0.25, -0.2) is 13.6 Å². The Labute approximate surface area is 117 Å². The van der Waals surface area contributed by atoms with Crippen molar-refractivity contribution in [2.75, 3.05) is 11.1 Å². The van der Waals surface area contributed by atoms with E-state index in [0.717, 1.165) is 5.56 Å². The highest BCUT2D eigenvalue weighted by molar-refractivity contribution is 7.89. The van der Waals surface area contributed by atoms with Crippen molar-refractivity contribution in [3.8, 4) is 0 Å². The Hall–Kier alpha value is -2.12. The summed E-state index contributed by atoms with van der Waals surface area (Å²) in [6.07, 6.45) is 3.43. The Bertz CT molecular complexity index is 702. The number of aromatic nitrogens is 1. The fourth-order valence-corrected chi connectivity index (χ4v) is 2.43. The molecule has 0 saturated heterocycles. The van der Waals surface area contributed by atoms with Gasteiger partial charge in [-0.3, -0.25) is 4.98 Å². The molecule has 7 heteroatoms. The topological polar surface area (TPSA) is 111 Å². The number of pyridine rings is 1. The first-order chi connectivity index (χ1) is 9.36. The molecule has 0 spiro atoms. The van der Waals surface area contributed by atoms with Gasteiger partial charge < -0.3 is 11.1 Å². The molecule has 1 aromatic heterocycles. The van der Waals surface area contributed by atoms with Crippen LogP contribution in [0.3, 0.4) is 0 Å². The minimum atomic E-state index is -3.78. The minimum Gasteiger partial charge on any atom is -0.399 e. The summed E-state index contributed by atoms with van der Waals surface area (Å²) in [5.74, 6) is 0. The lowest BCUT2D eigenvalue weighted by Gasteiger charge is -2.16. The van der Waals surface area contributed by atoms with Gasteiger partial charge in [-0.2, -0.15) is 0 Å². The molecule has 1 aromatic carbocycles. The highest BCUT2D eigenvalue weighted by Gasteiger charge is 2.12. The lowest BCUT2D eigenvalue weighted by molar-refractivity contribution is 0.598. The summed E-state index contributed by atoms with van der Waals surface area (Å²) in [4.78, 5) is 4.03. The zero-order valence-electron chi connectivity index (χ0n) is 10.9. The molecule has 0 saturated carbocycles. The molecule has 2 rings (SSSR count). The van der Waals surface area contributed by atoms with Crippen LogP contribution >= 0.6 is 0 Å². The maximum absolute atomic E-state index is 11.4. The van der Waals surface area contributed by atoms with E-state index in [-0.39, 0.29) is 10.9 Å². The minimum absolute atomic E-state index is 0.0154. The Morgan fingerprint density at radius 3 is 2.65 bits per heavy atom. The molecule has 0 aliphatic carbocycles. The molecule has 5 N–H and O–H groups in total. The molecule has 0 fully saturated rings. The van der Waals surface area contributed by atoms with Gasteiger partial charge in [0.05, 0.1) is 10.9 Å². The molecule has 0 aliphatic heterocycles. The second kappa shape index (κ2) is 5.48. The Kier molecular flexibility index (Phi) is 3.91. The number of nitrogens with two attached hydrogens (primary N) is 2. The molecule has 0 bridgehead atoms. The summed E-state index contributed by atoms with van der Waals surface area (Å²) in [5.41, 5.74) is 7.60. The van der Waals surface area contributed by atoms with Crippen molar-refractivity contribution in [1.29, 1.82) is 0 Å². The summed E-state index contributed by atoms with van der Waals surface area (Å²) < 4.78 is 22.8. The van der Waals surface area contributed by atoms with Gasteiger partial charge in [0.15, 0.2) is 0 Å². The highest BCUT2D eigenvalue weighted by atomic mass is 32.2. The second-order valence-corrected chi connectivity index (χ2v) is 6.05. The lowest BCUT2D eigenvalue weighted by atomic mass is 10.1. The normalized spacial score (nSPS) is 12.9. The van der Waals surface area contributed by atoms with Gasteiger partial charge in [0.25, 0.3) is 0 Å². The number of rotatable bonds is 4. The van der Waals surface area contributed by atoms with Crippen LogP contribution in [0.1, 0.15) is 18.5 Å². The van der Waals surface area contributed by atoms with Crippen LogP contribution in [0.2, 0.25) is 0 Å². The van der Waals surface area contributed by atoms with Gasteiger partial charge in [0, 0.05) is 23.8 Å². The summed E-state index contributed by atoms with van der Waals surface area (Å²) >= 11 is 0. The second-order valence-electron chi connectivity index (χ2n) is 4.49. The van der Waals surface area contributed by atoms with E-state index in [0.29, 0.717) is 11.4 Å². The third kappa shape index (κ3) is 3.46. The number of sulfonamides is 1.